The Bertz CT molecular complexity index is 575. The highest BCUT2D eigenvalue weighted by atomic mass is 19.4. The number of halogens is 3. The fourth-order valence-electron chi connectivity index (χ4n) is 1.39. The van der Waals surface area contributed by atoms with Gasteiger partial charge < -0.3 is 17.7 Å². The first-order valence-corrected chi connectivity index (χ1v) is 5.66. The van der Waals surface area contributed by atoms with E-state index in [2.05, 4.69) is 10.0 Å². The van der Waals surface area contributed by atoms with E-state index >= 15 is 0 Å². The number of esters is 1. The lowest BCUT2D eigenvalue weighted by atomic mass is 9.79. The molecule has 0 aliphatic heterocycles. The van der Waals surface area contributed by atoms with Crippen molar-refractivity contribution in [3.63, 3.8) is 0 Å². The molecular formula is C11H12BF3N3O2-. The Labute approximate surface area is 113 Å². The van der Waals surface area contributed by atoms with Crippen molar-refractivity contribution >= 4 is 24.1 Å². The van der Waals surface area contributed by atoms with E-state index in [-0.39, 0.29) is 11.3 Å². The van der Waals surface area contributed by atoms with Gasteiger partial charge in [0.05, 0.1) is 5.56 Å². The van der Waals surface area contributed by atoms with Crippen molar-refractivity contribution in [2.75, 3.05) is 0 Å². The average molecular weight is 286 g/mol. The number of ether oxygens (including phenoxy) is 1. The number of rotatable bonds is 3. The molecule has 5 nitrogen and oxygen atoms in total. The first-order chi connectivity index (χ1) is 9.03. The quantitative estimate of drug-likeness (QED) is 0.279. The van der Waals surface area contributed by atoms with Crippen LogP contribution in [0.15, 0.2) is 23.3 Å². The van der Waals surface area contributed by atoms with Crippen molar-refractivity contribution in [1.82, 2.24) is 0 Å². The van der Waals surface area contributed by atoms with Crippen molar-refractivity contribution < 1.29 is 22.5 Å². The Morgan fingerprint density at radius 1 is 1.30 bits per heavy atom. The van der Waals surface area contributed by atoms with E-state index in [0.29, 0.717) is 12.1 Å². The van der Waals surface area contributed by atoms with Gasteiger partial charge in [0.25, 0.3) is 0 Å². The molecule has 1 aromatic rings. The zero-order valence-corrected chi connectivity index (χ0v) is 11.1. The summed E-state index contributed by atoms with van der Waals surface area (Å²) in [5.41, 5.74) is 5.85. The maximum Gasteiger partial charge on any atom is 0.509 e. The molecule has 0 aliphatic rings. The molecule has 0 aliphatic carbocycles. The highest BCUT2D eigenvalue weighted by Crippen LogP contribution is 2.20. The second kappa shape index (κ2) is 5.46. The minimum Gasteiger partial charge on any atom is -0.456 e. The molecule has 0 N–H and O–H groups in total. The van der Waals surface area contributed by atoms with Crippen LogP contribution in [0.5, 0.6) is 0 Å². The van der Waals surface area contributed by atoms with Gasteiger partial charge in [0.15, 0.2) is 0 Å². The van der Waals surface area contributed by atoms with Gasteiger partial charge in [-0.15, -0.1) is 5.46 Å². The zero-order chi connectivity index (χ0) is 15.6. The summed E-state index contributed by atoms with van der Waals surface area (Å²) < 4.78 is 43.3. The summed E-state index contributed by atoms with van der Waals surface area (Å²) >= 11 is 0. The van der Waals surface area contributed by atoms with E-state index in [4.69, 9.17) is 10.3 Å². The number of hydrogen-bond acceptors (Lipinski definition) is 3. The first-order valence-electron chi connectivity index (χ1n) is 5.66. The maximum absolute atomic E-state index is 12.8. The number of hydrogen-bond donors (Lipinski definition) is 0. The minimum atomic E-state index is -5.31. The molecule has 0 atom stereocenters. The fraction of sp³-hybridized carbons (Fsp3) is 0.364. The lowest BCUT2D eigenvalue weighted by Gasteiger charge is -2.21. The molecular weight excluding hydrogens is 274 g/mol. The Morgan fingerprint density at radius 2 is 1.90 bits per heavy atom. The predicted octanol–water partition coefficient (Wildman–Crippen LogP) is 3.64. The molecule has 108 valence electrons. The van der Waals surface area contributed by atoms with E-state index in [1.807, 2.05) is 0 Å². The summed E-state index contributed by atoms with van der Waals surface area (Å²) in [5.74, 6) is -0.909. The molecule has 0 saturated carbocycles. The average Bonchev–Trinajstić information content (AvgIpc) is 2.25. The third kappa shape index (κ3) is 4.51. The van der Waals surface area contributed by atoms with Crippen molar-refractivity contribution in [3.05, 3.63) is 34.2 Å². The van der Waals surface area contributed by atoms with Gasteiger partial charge in [-0.2, -0.15) is 0 Å². The normalized spacial score (nSPS) is 11.7. The minimum absolute atomic E-state index is 0.287. The molecule has 0 spiro atoms. The van der Waals surface area contributed by atoms with E-state index in [9.17, 15) is 17.7 Å². The molecule has 0 amide bonds. The standard InChI is InChI=1S/C11H12BF3N3O2/c1-11(2,3)20-10(19)7-4-8(12(13,14)15)6-9(5-7)17-18-16/h4-6H,1-3H3/q-1. The summed E-state index contributed by atoms with van der Waals surface area (Å²) in [6.07, 6.45) is 0. The van der Waals surface area contributed by atoms with Gasteiger partial charge in [-0.25, -0.2) is 4.79 Å². The molecule has 9 heteroatoms. The van der Waals surface area contributed by atoms with E-state index in [1.165, 1.54) is 0 Å². The fourth-order valence-corrected chi connectivity index (χ4v) is 1.39. The van der Waals surface area contributed by atoms with Crippen LogP contribution in [-0.2, 0) is 4.74 Å². The monoisotopic (exact) mass is 286 g/mol. The predicted molar refractivity (Wildman–Crippen MR) is 69.1 cm³/mol. The third-order valence-corrected chi connectivity index (χ3v) is 2.11. The number of benzene rings is 1. The topological polar surface area (TPSA) is 75.1 Å². The second-order valence-corrected chi connectivity index (χ2v) is 5.08. The van der Waals surface area contributed by atoms with Gasteiger partial charge >= 0.3 is 12.9 Å². The molecule has 20 heavy (non-hydrogen) atoms. The second-order valence-electron chi connectivity index (χ2n) is 5.08. The van der Waals surface area contributed by atoms with Crippen LogP contribution in [0, 0.1) is 0 Å². The summed E-state index contributed by atoms with van der Waals surface area (Å²) in [6.45, 7) is -0.532. The summed E-state index contributed by atoms with van der Waals surface area (Å²) in [6, 6.07) is 2.43. The van der Waals surface area contributed by atoms with E-state index < -0.39 is 24.0 Å². The lowest BCUT2D eigenvalue weighted by molar-refractivity contribution is 0.00697. The summed E-state index contributed by atoms with van der Waals surface area (Å²) in [5, 5.41) is 3.10. The Balaban J connectivity index is 3.29. The van der Waals surface area contributed by atoms with Crippen LogP contribution in [-0.4, -0.2) is 18.5 Å². The molecule has 0 bridgehead atoms. The van der Waals surface area contributed by atoms with Crippen LogP contribution in [0.25, 0.3) is 10.4 Å². The van der Waals surface area contributed by atoms with E-state index in [1.54, 1.807) is 20.8 Å². The van der Waals surface area contributed by atoms with Gasteiger partial charge in [-0.05, 0) is 32.4 Å². The van der Waals surface area contributed by atoms with Crippen LogP contribution in [0.1, 0.15) is 31.1 Å². The number of carbonyl (C=O) groups is 1. The highest BCUT2D eigenvalue weighted by molar-refractivity contribution is 6.73. The number of nitrogens with zero attached hydrogens (tertiary/aromatic N) is 3. The highest BCUT2D eigenvalue weighted by Gasteiger charge is 2.28. The third-order valence-electron chi connectivity index (χ3n) is 2.11. The first kappa shape index (κ1) is 15.9. The Morgan fingerprint density at radius 3 is 2.35 bits per heavy atom. The van der Waals surface area contributed by atoms with Crippen molar-refractivity contribution in [1.29, 1.82) is 0 Å². The summed E-state index contributed by atoms with van der Waals surface area (Å²) in [4.78, 5) is 14.2. The molecule has 0 fully saturated rings. The SMILES string of the molecule is CC(C)(C)OC(=O)c1cc(N=[N+]=[N-])cc([B-](F)(F)F)c1. The zero-order valence-electron chi connectivity index (χ0n) is 11.1. The molecule has 0 unspecified atom stereocenters. The van der Waals surface area contributed by atoms with Crippen LogP contribution in [0.3, 0.4) is 0 Å². The van der Waals surface area contributed by atoms with Gasteiger partial charge in [-0.1, -0.05) is 17.2 Å². The van der Waals surface area contributed by atoms with Crippen LogP contribution in [0.2, 0.25) is 0 Å². The van der Waals surface area contributed by atoms with E-state index in [0.717, 1.165) is 6.07 Å². The lowest BCUT2D eigenvalue weighted by Crippen LogP contribution is -2.35. The Kier molecular flexibility index (Phi) is 4.34. The molecule has 0 radical (unpaired) electrons. The van der Waals surface area contributed by atoms with Crippen LogP contribution >= 0.6 is 0 Å². The van der Waals surface area contributed by atoms with Gasteiger partial charge in [0.2, 0.25) is 0 Å². The molecule has 1 rings (SSSR count). The van der Waals surface area contributed by atoms with Gasteiger partial charge in [0, 0.05) is 10.6 Å². The van der Waals surface area contributed by atoms with Gasteiger partial charge in [0.1, 0.15) is 5.60 Å². The maximum atomic E-state index is 12.8. The number of carbonyl (C=O) groups excluding carboxylic acids is 1. The molecule has 0 heterocycles. The summed E-state index contributed by atoms with van der Waals surface area (Å²) in [7, 11) is 0. The van der Waals surface area contributed by atoms with Crippen molar-refractivity contribution in [2.24, 2.45) is 5.11 Å². The van der Waals surface area contributed by atoms with Crippen molar-refractivity contribution in [2.45, 2.75) is 26.4 Å². The van der Waals surface area contributed by atoms with Crippen LogP contribution < -0.4 is 5.46 Å². The van der Waals surface area contributed by atoms with Gasteiger partial charge in [-0.3, -0.25) is 0 Å². The Hall–Kier alpha value is -2.15. The van der Waals surface area contributed by atoms with Crippen molar-refractivity contribution in [3.8, 4) is 0 Å². The largest absolute Gasteiger partial charge is 0.509 e. The molecule has 1 aromatic carbocycles. The number of azide groups is 1. The molecule has 0 saturated heterocycles. The smallest absolute Gasteiger partial charge is 0.456 e. The van der Waals surface area contributed by atoms with Crippen LogP contribution in [0.4, 0.5) is 18.6 Å². The molecule has 0 aromatic heterocycles.